The highest BCUT2D eigenvalue weighted by molar-refractivity contribution is 9.11. The predicted octanol–water partition coefficient (Wildman–Crippen LogP) is 5.16. The van der Waals surface area contributed by atoms with Gasteiger partial charge >= 0.3 is 0 Å². The zero-order valence-electron chi connectivity index (χ0n) is 10.9. The van der Waals surface area contributed by atoms with Crippen molar-refractivity contribution in [3.8, 4) is 5.75 Å². The molecule has 2 aromatic rings. The van der Waals surface area contributed by atoms with E-state index in [4.69, 9.17) is 16.3 Å². The largest absolute Gasteiger partial charge is 0.487 e. The van der Waals surface area contributed by atoms with Crippen molar-refractivity contribution in [1.82, 2.24) is 5.32 Å². The Hall–Kier alpha value is -0.550. The highest BCUT2D eigenvalue weighted by Gasteiger charge is 2.09. The first-order valence-corrected chi connectivity index (χ1v) is 8.06. The summed E-state index contributed by atoms with van der Waals surface area (Å²) in [6.07, 6.45) is 0. The number of hydrogen-bond donors (Lipinski definition) is 1. The number of ether oxygens (including phenoxy) is 1. The van der Waals surface area contributed by atoms with Gasteiger partial charge in [-0.2, -0.15) is 0 Å². The van der Waals surface area contributed by atoms with Gasteiger partial charge in [0.15, 0.2) is 0 Å². The molecular formula is C15H14Br2ClNO. The number of benzene rings is 2. The van der Waals surface area contributed by atoms with Crippen molar-refractivity contribution in [3.63, 3.8) is 0 Å². The summed E-state index contributed by atoms with van der Waals surface area (Å²) in [7, 11) is 1.92. The van der Waals surface area contributed by atoms with Gasteiger partial charge in [-0.1, -0.05) is 23.7 Å². The second-order valence-corrected chi connectivity index (χ2v) is 6.48. The molecule has 0 aliphatic heterocycles. The lowest BCUT2D eigenvalue weighted by Crippen LogP contribution is -2.05. The fourth-order valence-corrected chi connectivity index (χ4v) is 3.43. The van der Waals surface area contributed by atoms with Crippen LogP contribution in [0.3, 0.4) is 0 Å². The maximum Gasteiger partial charge on any atom is 0.148 e. The third-order valence-corrected chi connectivity index (χ3v) is 4.17. The van der Waals surface area contributed by atoms with E-state index in [0.29, 0.717) is 6.61 Å². The van der Waals surface area contributed by atoms with Crippen LogP contribution in [0.2, 0.25) is 5.02 Å². The van der Waals surface area contributed by atoms with Crippen LogP contribution in [0.1, 0.15) is 11.1 Å². The number of nitrogens with one attached hydrogen (secondary N) is 1. The first-order valence-electron chi connectivity index (χ1n) is 6.10. The Bertz CT molecular complexity index is 564. The minimum Gasteiger partial charge on any atom is -0.487 e. The summed E-state index contributed by atoms with van der Waals surface area (Å²) < 4.78 is 7.74. The van der Waals surface area contributed by atoms with Crippen LogP contribution in [0.5, 0.6) is 5.75 Å². The van der Waals surface area contributed by atoms with E-state index in [9.17, 15) is 0 Å². The third-order valence-electron chi connectivity index (χ3n) is 2.74. The molecule has 0 atom stereocenters. The maximum atomic E-state index is 5.87. The molecule has 0 aliphatic rings. The van der Waals surface area contributed by atoms with Crippen LogP contribution in [-0.2, 0) is 13.2 Å². The van der Waals surface area contributed by atoms with E-state index >= 15 is 0 Å². The van der Waals surface area contributed by atoms with E-state index in [0.717, 1.165) is 31.8 Å². The van der Waals surface area contributed by atoms with Crippen LogP contribution in [0.15, 0.2) is 45.3 Å². The molecule has 1 N–H and O–H groups in total. The lowest BCUT2D eigenvalue weighted by molar-refractivity contribution is 0.302. The third kappa shape index (κ3) is 4.22. The van der Waals surface area contributed by atoms with Gasteiger partial charge in [-0.25, -0.2) is 0 Å². The van der Waals surface area contributed by atoms with Crippen molar-refractivity contribution in [2.24, 2.45) is 0 Å². The van der Waals surface area contributed by atoms with Crippen molar-refractivity contribution in [2.45, 2.75) is 13.2 Å². The van der Waals surface area contributed by atoms with Gasteiger partial charge in [0.05, 0.1) is 8.95 Å². The summed E-state index contributed by atoms with van der Waals surface area (Å²) in [6, 6.07) is 11.7. The molecule has 2 aromatic carbocycles. The van der Waals surface area contributed by atoms with Crippen molar-refractivity contribution in [2.75, 3.05) is 7.05 Å². The van der Waals surface area contributed by atoms with Crippen LogP contribution < -0.4 is 10.1 Å². The van der Waals surface area contributed by atoms with Gasteiger partial charge in [-0.3, -0.25) is 0 Å². The van der Waals surface area contributed by atoms with Crippen molar-refractivity contribution in [3.05, 3.63) is 61.5 Å². The molecule has 0 saturated heterocycles. The summed E-state index contributed by atoms with van der Waals surface area (Å²) in [5.74, 6) is 0.805. The van der Waals surface area contributed by atoms with E-state index in [-0.39, 0.29) is 0 Å². The Morgan fingerprint density at radius 2 is 1.65 bits per heavy atom. The topological polar surface area (TPSA) is 21.3 Å². The quantitative estimate of drug-likeness (QED) is 0.723. The van der Waals surface area contributed by atoms with Gasteiger partial charge in [0.25, 0.3) is 0 Å². The molecular weight excluding hydrogens is 405 g/mol. The molecule has 2 rings (SSSR count). The molecule has 0 amide bonds. The van der Waals surface area contributed by atoms with Crippen LogP contribution in [0.25, 0.3) is 0 Å². The van der Waals surface area contributed by atoms with Gasteiger partial charge in [-0.15, -0.1) is 0 Å². The molecule has 20 heavy (non-hydrogen) atoms. The van der Waals surface area contributed by atoms with Gasteiger partial charge < -0.3 is 10.1 Å². The molecule has 0 spiro atoms. The Labute approximate surface area is 140 Å². The van der Waals surface area contributed by atoms with Crippen LogP contribution in [0, 0.1) is 0 Å². The predicted molar refractivity (Wildman–Crippen MR) is 90.4 cm³/mol. The minimum atomic E-state index is 0.500. The van der Waals surface area contributed by atoms with Gasteiger partial charge in [0, 0.05) is 11.6 Å². The Morgan fingerprint density at radius 3 is 2.20 bits per heavy atom. The van der Waals surface area contributed by atoms with E-state index in [1.165, 1.54) is 5.56 Å². The van der Waals surface area contributed by atoms with Gasteiger partial charge in [0.1, 0.15) is 12.4 Å². The summed E-state index contributed by atoms with van der Waals surface area (Å²) in [6.45, 7) is 1.31. The molecule has 0 saturated carbocycles. The van der Waals surface area contributed by atoms with Gasteiger partial charge in [0.2, 0.25) is 0 Å². The highest BCUT2D eigenvalue weighted by Crippen LogP contribution is 2.35. The van der Waals surface area contributed by atoms with E-state index in [1.807, 2.05) is 31.3 Å². The SMILES string of the molecule is CNCc1cc(Br)c(OCc2ccc(Cl)cc2)c(Br)c1. The molecule has 0 aromatic heterocycles. The monoisotopic (exact) mass is 417 g/mol. The average molecular weight is 420 g/mol. The molecule has 0 aliphatic carbocycles. The first-order chi connectivity index (χ1) is 9.60. The van der Waals surface area contributed by atoms with Crippen LogP contribution >= 0.6 is 43.5 Å². The average Bonchev–Trinajstić information content (AvgIpc) is 2.40. The molecule has 0 bridgehead atoms. The van der Waals surface area contributed by atoms with Crippen LogP contribution in [0.4, 0.5) is 0 Å². The maximum absolute atomic E-state index is 5.87. The number of hydrogen-bond acceptors (Lipinski definition) is 2. The molecule has 106 valence electrons. The highest BCUT2D eigenvalue weighted by atomic mass is 79.9. The summed E-state index contributed by atoms with van der Waals surface area (Å²) >= 11 is 13.0. The standard InChI is InChI=1S/C15H14Br2ClNO/c1-19-8-11-6-13(16)15(14(17)7-11)20-9-10-2-4-12(18)5-3-10/h2-7,19H,8-9H2,1H3. The van der Waals surface area contributed by atoms with Crippen molar-refractivity contribution >= 4 is 43.5 Å². The Kier molecular flexibility index (Phi) is 5.90. The molecule has 5 heteroatoms. The van der Waals surface area contributed by atoms with Crippen molar-refractivity contribution in [1.29, 1.82) is 0 Å². The molecule has 0 unspecified atom stereocenters. The summed E-state index contributed by atoms with van der Waals surface area (Å²) in [5.41, 5.74) is 2.26. The van der Waals surface area contributed by atoms with E-state index in [2.05, 4.69) is 49.3 Å². The lowest BCUT2D eigenvalue weighted by atomic mass is 10.2. The van der Waals surface area contributed by atoms with E-state index in [1.54, 1.807) is 0 Å². The normalized spacial score (nSPS) is 10.6. The lowest BCUT2D eigenvalue weighted by Gasteiger charge is -2.12. The molecule has 0 radical (unpaired) electrons. The van der Waals surface area contributed by atoms with Crippen LogP contribution in [-0.4, -0.2) is 7.05 Å². The van der Waals surface area contributed by atoms with Gasteiger partial charge in [-0.05, 0) is 74.3 Å². The minimum absolute atomic E-state index is 0.500. The summed E-state index contributed by atoms with van der Waals surface area (Å²) in [5, 5.41) is 3.86. The summed E-state index contributed by atoms with van der Waals surface area (Å²) in [4.78, 5) is 0. The molecule has 0 heterocycles. The van der Waals surface area contributed by atoms with E-state index < -0.39 is 0 Å². The first kappa shape index (κ1) is 15.8. The zero-order valence-corrected chi connectivity index (χ0v) is 14.8. The second-order valence-electron chi connectivity index (χ2n) is 4.33. The fourth-order valence-electron chi connectivity index (χ4n) is 1.79. The Balaban J connectivity index is 2.11. The zero-order chi connectivity index (χ0) is 14.5. The number of rotatable bonds is 5. The second kappa shape index (κ2) is 7.46. The molecule has 0 fully saturated rings. The Morgan fingerprint density at radius 1 is 1.05 bits per heavy atom. The smallest absolute Gasteiger partial charge is 0.148 e. The molecule has 2 nitrogen and oxygen atoms in total. The fraction of sp³-hybridized carbons (Fsp3) is 0.200. The number of halogens is 3. The van der Waals surface area contributed by atoms with Crippen molar-refractivity contribution < 1.29 is 4.74 Å².